The van der Waals surface area contributed by atoms with E-state index in [1.54, 1.807) is 6.07 Å². The summed E-state index contributed by atoms with van der Waals surface area (Å²) in [6, 6.07) is 1.52. The van der Waals surface area contributed by atoms with Crippen LogP contribution < -0.4 is 4.74 Å². The molecular formula is C23H28ClFN4O3. The van der Waals surface area contributed by atoms with E-state index in [-0.39, 0.29) is 23.1 Å². The lowest BCUT2D eigenvalue weighted by molar-refractivity contribution is -0.128. The molecule has 1 saturated carbocycles. The van der Waals surface area contributed by atoms with Crippen LogP contribution in [-0.4, -0.2) is 57.7 Å². The van der Waals surface area contributed by atoms with Crippen LogP contribution in [-0.2, 0) is 16.6 Å². The molecule has 0 amide bonds. The summed E-state index contributed by atoms with van der Waals surface area (Å²) in [5.41, 5.74) is 0.877. The maximum atomic E-state index is 13.8. The molecular weight excluding hydrogens is 435 g/mol. The van der Waals surface area contributed by atoms with Gasteiger partial charge in [0.05, 0.1) is 5.41 Å². The van der Waals surface area contributed by atoms with Crippen LogP contribution in [0.3, 0.4) is 0 Å². The number of rotatable bonds is 4. The molecule has 1 aliphatic heterocycles. The van der Waals surface area contributed by atoms with Gasteiger partial charge in [-0.15, -0.1) is 0 Å². The molecule has 2 fully saturated rings. The molecule has 0 unspecified atom stereocenters. The Kier molecular flexibility index (Phi) is 5.70. The van der Waals surface area contributed by atoms with Crippen LogP contribution in [0.5, 0.6) is 5.88 Å². The lowest BCUT2D eigenvalue weighted by atomic mass is 9.64. The number of alkyl halides is 1. The summed E-state index contributed by atoms with van der Waals surface area (Å²) in [6.07, 6.45) is 5.12. The molecule has 1 saturated heterocycles. The number of nitrogens with zero attached hydrogens (tertiary/aromatic N) is 4. The summed E-state index contributed by atoms with van der Waals surface area (Å²) in [6.45, 7) is 2.31. The number of fused-ring (bicyclic) bond motifs is 2. The molecule has 2 aromatic rings. The van der Waals surface area contributed by atoms with E-state index in [2.05, 4.69) is 15.1 Å². The molecule has 172 valence electrons. The maximum absolute atomic E-state index is 13.8. The zero-order valence-corrected chi connectivity index (χ0v) is 19.2. The van der Waals surface area contributed by atoms with Gasteiger partial charge in [-0.1, -0.05) is 23.2 Å². The highest BCUT2D eigenvalue weighted by molar-refractivity contribution is 6.29. The Morgan fingerprint density at radius 2 is 2.09 bits per heavy atom. The molecule has 2 aliphatic carbocycles. The van der Waals surface area contributed by atoms with Gasteiger partial charge in [-0.2, -0.15) is 4.98 Å². The Morgan fingerprint density at radius 3 is 2.84 bits per heavy atom. The third kappa shape index (κ3) is 3.71. The van der Waals surface area contributed by atoms with Gasteiger partial charge in [0, 0.05) is 30.6 Å². The first kappa shape index (κ1) is 21.8. The van der Waals surface area contributed by atoms with E-state index >= 15 is 0 Å². The fourth-order valence-electron chi connectivity index (χ4n) is 5.72. The Hall–Kier alpha value is -2.06. The normalized spacial score (nSPS) is 29.3. The van der Waals surface area contributed by atoms with Crippen LogP contribution in [0.25, 0.3) is 11.5 Å². The predicted molar refractivity (Wildman–Crippen MR) is 117 cm³/mol. The minimum absolute atomic E-state index is 0.0424. The van der Waals surface area contributed by atoms with E-state index in [0.29, 0.717) is 42.5 Å². The number of ether oxygens (including phenoxy) is 1. The predicted octanol–water partition coefficient (Wildman–Crippen LogP) is 4.31. The second-order valence-corrected chi connectivity index (χ2v) is 9.81. The van der Waals surface area contributed by atoms with Crippen molar-refractivity contribution in [3.05, 3.63) is 22.5 Å². The number of Topliss-reactive ketones (excluding diaryl/α,β-unsaturated/α-hetero) is 1. The minimum Gasteiger partial charge on any atom is -0.473 e. The highest BCUT2D eigenvalue weighted by atomic mass is 35.5. The van der Waals surface area contributed by atoms with Crippen molar-refractivity contribution in [3.8, 4) is 17.4 Å². The van der Waals surface area contributed by atoms with Crippen LogP contribution in [0, 0.1) is 0 Å². The summed E-state index contributed by atoms with van der Waals surface area (Å²) in [7, 11) is 1.90. The van der Waals surface area contributed by atoms with E-state index in [1.807, 2.05) is 18.9 Å². The zero-order valence-electron chi connectivity index (χ0n) is 18.4. The lowest BCUT2D eigenvalue weighted by Gasteiger charge is -2.36. The van der Waals surface area contributed by atoms with Crippen molar-refractivity contribution in [1.82, 2.24) is 20.0 Å². The van der Waals surface area contributed by atoms with Gasteiger partial charge in [0.1, 0.15) is 23.2 Å². The van der Waals surface area contributed by atoms with Crippen LogP contribution in [0.2, 0.25) is 5.15 Å². The Labute approximate surface area is 191 Å². The molecule has 4 atom stereocenters. The lowest BCUT2D eigenvalue weighted by Crippen LogP contribution is -2.41. The Bertz CT molecular complexity index is 1030. The van der Waals surface area contributed by atoms with E-state index in [0.717, 1.165) is 44.1 Å². The number of carbonyl (C=O) groups excluding carboxylic acids is 1. The first-order valence-corrected chi connectivity index (χ1v) is 11.8. The van der Waals surface area contributed by atoms with Crippen LogP contribution in [0.15, 0.2) is 10.6 Å². The van der Waals surface area contributed by atoms with Crippen molar-refractivity contribution < 1.29 is 18.4 Å². The number of hydrogen-bond acceptors (Lipinski definition) is 7. The van der Waals surface area contributed by atoms with E-state index in [4.69, 9.17) is 20.9 Å². The first-order valence-electron chi connectivity index (χ1n) is 11.5. The molecule has 2 aromatic heterocycles. The van der Waals surface area contributed by atoms with E-state index in [9.17, 15) is 9.18 Å². The number of ketones is 1. The van der Waals surface area contributed by atoms with Gasteiger partial charge in [0.15, 0.2) is 17.3 Å². The zero-order chi connectivity index (χ0) is 22.5. The first-order chi connectivity index (χ1) is 15.4. The van der Waals surface area contributed by atoms with Crippen molar-refractivity contribution in [3.63, 3.8) is 0 Å². The highest BCUT2D eigenvalue weighted by Crippen LogP contribution is 2.47. The average molecular weight is 463 g/mol. The van der Waals surface area contributed by atoms with E-state index < -0.39 is 11.6 Å². The summed E-state index contributed by atoms with van der Waals surface area (Å²) in [5.74, 6) is 1.58. The van der Waals surface area contributed by atoms with Gasteiger partial charge in [-0.3, -0.25) is 9.69 Å². The molecule has 3 heterocycles. The molecule has 5 rings (SSSR count). The van der Waals surface area contributed by atoms with Gasteiger partial charge < -0.3 is 9.26 Å². The monoisotopic (exact) mass is 462 g/mol. The number of aromatic nitrogens is 3. The molecule has 3 aliphatic rings. The third-order valence-corrected chi connectivity index (χ3v) is 7.52. The molecule has 7 nitrogen and oxygen atoms in total. The van der Waals surface area contributed by atoms with Gasteiger partial charge in [-0.25, -0.2) is 9.37 Å². The number of carbonyl (C=O) groups is 1. The topological polar surface area (TPSA) is 81.3 Å². The van der Waals surface area contributed by atoms with Gasteiger partial charge >= 0.3 is 0 Å². The van der Waals surface area contributed by atoms with E-state index in [1.165, 1.54) is 0 Å². The second-order valence-electron chi connectivity index (χ2n) is 9.42. The van der Waals surface area contributed by atoms with Gasteiger partial charge in [0.2, 0.25) is 5.88 Å². The Morgan fingerprint density at radius 1 is 1.28 bits per heavy atom. The number of likely N-dealkylation sites (tertiary alicyclic amines) is 1. The molecule has 1 spiro atoms. The summed E-state index contributed by atoms with van der Waals surface area (Å²) in [5, 5.41) is 4.52. The molecule has 0 bridgehead atoms. The quantitative estimate of drug-likeness (QED) is 0.626. The number of likely N-dealkylation sites (N-methyl/N-ethyl adjacent to an activating group) is 1. The summed E-state index contributed by atoms with van der Waals surface area (Å²) in [4.78, 5) is 23.8. The molecule has 0 aromatic carbocycles. The second kappa shape index (κ2) is 8.37. The number of hydrogen-bond donors (Lipinski definition) is 0. The number of halogens is 2. The highest BCUT2D eigenvalue weighted by Gasteiger charge is 2.48. The Balaban J connectivity index is 1.45. The van der Waals surface area contributed by atoms with Crippen molar-refractivity contribution in [2.24, 2.45) is 0 Å². The van der Waals surface area contributed by atoms with Gasteiger partial charge in [-0.05, 0) is 52.5 Å². The molecule has 0 N–H and O–H groups in total. The fraction of sp³-hybridized carbons (Fsp3) is 0.652. The molecule has 9 heteroatoms. The largest absolute Gasteiger partial charge is 0.473 e. The third-order valence-electron chi connectivity index (χ3n) is 7.33. The van der Waals surface area contributed by atoms with Crippen LogP contribution >= 0.6 is 11.6 Å². The standard InChI is InChI=1S/C23H28ClFN4O3/c1-13(16-10-14(25)12-29(16)2)31-19-11-18(24)26-22(27-19)20-15-6-5-9-23(21(15)32-28-20)8-4-3-7-17(23)30/h11,13-14,16H,3-10,12H2,1-2H3/t13-,14-,16-,23+/m0/s1. The summed E-state index contributed by atoms with van der Waals surface area (Å²) < 4.78 is 25.6. The SMILES string of the molecule is C[C@H](Oc1cc(Cl)nc(-c2noc3c2CCC[C@@]32CCCCC2=O)n1)[C@@H]1C[C@H](F)CN1C. The van der Waals surface area contributed by atoms with Crippen LogP contribution in [0.4, 0.5) is 4.39 Å². The minimum atomic E-state index is -0.850. The van der Waals surface area contributed by atoms with Crippen molar-refractivity contribution >= 4 is 17.4 Å². The van der Waals surface area contributed by atoms with Gasteiger partial charge in [0.25, 0.3) is 0 Å². The maximum Gasteiger partial charge on any atom is 0.218 e. The van der Waals surface area contributed by atoms with Crippen LogP contribution in [0.1, 0.15) is 63.2 Å². The van der Waals surface area contributed by atoms with Crippen molar-refractivity contribution in [1.29, 1.82) is 0 Å². The smallest absolute Gasteiger partial charge is 0.218 e. The van der Waals surface area contributed by atoms with Crippen molar-refractivity contribution in [2.75, 3.05) is 13.6 Å². The average Bonchev–Trinajstić information content (AvgIpc) is 3.33. The fourth-order valence-corrected chi connectivity index (χ4v) is 5.89. The summed E-state index contributed by atoms with van der Waals surface area (Å²) >= 11 is 6.30. The molecule has 0 radical (unpaired) electrons. The molecule has 32 heavy (non-hydrogen) atoms. The van der Waals surface area contributed by atoms with Crippen molar-refractivity contribution in [2.45, 2.75) is 82.0 Å².